The topological polar surface area (TPSA) is 32.9 Å². The van der Waals surface area contributed by atoms with Crippen LogP contribution in [0.25, 0.3) is 10.9 Å². The third-order valence-corrected chi connectivity index (χ3v) is 2.48. The summed E-state index contributed by atoms with van der Waals surface area (Å²) in [6.45, 7) is 3.08. The van der Waals surface area contributed by atoms with Crippen LogP contribution < -0.4 is 0 Å². The van der Waals surface area contributed by atoms with Gasteiger partial charge >= 0.3 is 0 Å². The number of aromatic amines is 1. The van der Waals surface area contributed by atoms with E-state index in [-0.39, 0.29) is 11.3 Å². The molecule has 0 unspecified atom stereocenters. The Balaban J connectivity index is 2.88. The molecule has 15 heavy (non-hydrogen) atoms. The number of aryl methyl sites for hydroxylation is 1. The molecule has 1 aromatic carbocycles. The molecule has 0 amide bonds. The molecule has 2 rings (SSSR count). The molecule has 0 aliphatic heterocycles. The van der Waals surface area contributed by atoms with Crippen molar-refractivity contribution in [1.29, 1.82) is 0 Å². The maximum atomic E-state index is 13.3. The van der Waals surface area contributed by atoms with Crippen molar-refractivity contribution < 1.29 is 13.6 Å². The molecule has 2 aromatic rings. The number of ketones is 1. The largest absolute Gasteiger partial charge is 0.349 e. The number of halogens is 2. The normalized spacial score (nSPS) is 10.9. The van der Waals surface area contributed by atoms with E-state index in [0.717, 1.165) is 6.07 Å². The van der Waals surface area contributed by atoms with Crippen molar-refractivity contribution in [3.8, 4) is 0 Å². The number of fused-ring (bicyclic) bond motifs is 1. The number of aromatic nitrogens is 1. The summed E-state index contributed by atoms with van der Waals surface area (Å²) in [6, 6.07) is 2.52. The van der Waals surface area contributed by atoms with Gasteiger partial charge in [-0.2, -0.15) is 0 Å². The predicted octanol–water partition coefficient (Wildman–Crippen LogP) is 2.96. The number of hydrogen-bond donors (Lipinski definition) is 1. The Morgan fingerprint density at radius 1 is 1.33 bits per heavy atom. The molecule has 0 saturated carbocycles. The van der Waals surface area contributed by atoms with E-state index in [1.807, 2.05) is 0 Å². The standard InChI is InChI=1S/C11H9F2NO/c1-5-7-3-4-8(12)9(13)11(7)14-10(5)6(2)15/h3-4,14H,1-2H3. The van der Waals surface area contributed by atoms with Crippen LogP contribution in [-0.4, -0.2) is 10.8 Å². The van der Waals surface area contributed by atoms with Crippen molar-refractivity contribution in [1.82, 2.24) is 4.98 Å². The Bertz CT molecular complexity index is 557. The zero-order valence-electron chi connectivity index (χ0n) is 8.32. The monoisotopic (exact) mass is 209 g/mol. The van der Waals surface area contributed by atoms with Gasteiger partial charge in [0.2, 0.25) is 0 Å². The SMILES string of the molecule is CC(=O)c1[nH]c2c(F)c(F)ccc2c1C. The lowest BCUT2D eigenvalue weighted by Gasteiger charge is -1.94. The fraction of sp³-hybridized carbons (Fsp3) is 0.182. The molecule has 1 N–H and O–H groups in total. The first-order chi connectivity index (χ1) is 7.02. The minimum atomic E-state index is -0.942. The van der Waals surface area contributed by atoms with Gasteiger partial charge in [0, 0.05) is 12.3 Å². The molecule has 4 heteroatoms. The number of rotatable bonds is 1. The summed E-state index contributed by atoms with van der Waals surface area (Å²) in [6.07, 6.45) is 0. The van der Waals surface area contributed by atoms with Gasteiger partial charge in [0.15, 0.2) is 17.4 Å². The third-order valence-electron chi connectivity index (χ3n) is 2.48. The van der Waals surface area contributed by atoms with Crippen molar-refractivity contribution in [2.45, 2.75) is 13.8 Å². The van der Waals surface area contributed by atoms with Crippen LogP contribution in [0.3, 0.4) is 0 Å². The van der Waals surface area contributed by atoms with Gasteiger partial charge in [0.25, 0.3) is 0 Å². The van der Waals surface area contributed by atoms with E-state index in [0.29, 0.717) is 16.6 Å². The highest BCUT2D eigenvalue weighted by Gasteiger charge is 2.15. The molecule has 2 nitrogen and oxygen atoms in total. The summed E-state index contributed by atoms with van der Waals surface area (Å²) in [5.41, 5.74) is 1.03. The molecule has 1 heterocycles. The number of hydrogen-bond acceptors (Lipinski definition) is 1. The molecule has 1 aromatic heterocycles. The third kappa shape index (κ3) is 1.33. The van der Waals surface area contributed by atoms with Crippen LogP contribution in [0, 0.1) is 18.6 Å². The van der Waals surface area contributed by atoms with E-state index in [4.69, 9.17) is 0 Å². The first-order valence-corrected chi connectivity index (χ1v) is 4.49. The highest BCUT2D eigenvalue weighted by atomic mass is 19.2. The zero-order valence-corrected chi connectivity index (χ0v) is 8.32. The van der Waals surface area contributed by atoms with Crippen LogP contribution in [-0.2, 0) is 0 Å². The smallest absolute Gasteiger partial charge is 0.182 e. The number of carbonyl (C=O) groups excluding carboxylic acids is 1. The highest BCUT2D eigenvalue weighted by Crippen LogP contribution is 2.25. The van der Waals surface area contributed by atoms with Crippen LogP contribution in [0.15, 0.2) is 12.1 Å². The van der Waals surface area contributed by atoms with Gasteiger partial charge in [-0.05, 0) is 24.6 Å². The maximum absolute atomic E-state index is 13.3. The van der Waals surface area contributed by atoms with Crippen LogP contribution in [0.2, 0.25) is 0 Å². The van der Waals surface area contributed by atoms with Gasteiger partial charge in [-0.1, -0.05) is 0 Å². The quantitative estimate of drug-likeness (QED) is 0.719. The van der Waals surface area contributed by atoms with Gasteiger partial charge in [0.05, 0.1) is 11.2 Å². The van der Waals surface area contributed by atoms with Crippen molar-refractivity contribution in [3.63, 3.8) is 0 Å². The minimum absolute atomic E-state index is 0.0534. The summed E-state index contributed by atoms with van der Waals surface area (Å²) in [4.78, 5) is 13.8. The fourth-order valence-electron chi connectivity index (χ4n) is 1.69. The summed E-state index contributed by atoms with van der Waals surface area (Å²) >= 11 is 0. The molecule has 0 aliphatic rings. The van der Waals surface area contributed by atoms with Crippen LogP contribution in [0.5, 0.6) is 0 Å². The molecule has 0 atom stereocenters. The molecular formula is C11H9F2NO. The van der Waals surface area contributed by atoms with Crippen LogP contribution in [0.4, 0.5) is 8.78 Å². The van der Waals surface area contributed by atoms with E-state index in [1.54, 1.807) is 6.92 Å². The number of benzene rings is 1. The lowest BCUT2D eigenvalue weighted by atomic mass is 10.1. The van der Waals surface area contributed by atoms with Gasteiger partial charge in [-0.25, -0.2) is 8.78 Å². The molecule has 0 aliphatic carbocycles. The van der Waals surface area contributed by atoms with Gasteiger partial charge in [0.1, 0.15) is 0 Å². The van der Waals surface area contributed by atoms with Crippen LogP contribution in [0.1, 0.15) is 23.0 Å². The molecule has 0 saturated heterocycles. The van der Waals surface area contributed by atoms with E-state index < -0.39 is 11.6 Å². The van der Waals surface area contributed by atoms with Crippen molar-refractivity contribution >= 4 is 16.7 Å². The highest BCUT2D eigenvalue weighted by molar-refractivity contribution is 6.00. The lowest BCUT2D eigenvalue weighted by molar-refractivity contribution is 0.101. The Kier molecular flexibility index (Phi) is 2.07. The van der Waals surface area contributed by atoms with Gasteiger partial charge < -0.3 is 4.98 Å². The second kappa shape index (κ2) is 3.15. The molecular weight excluding hydrogens is 200 g/mol. The van der Waals surface area contributed by atoms with E-state index >= 15 is 0 Å². The molecule has 0 fully saturated rings. The molecule has 78 valence electrons. The Hall–Kier alpha value is -1.71. The summed E-state index contributed by atoms with van der Waals surface area (Å²) in [5, 5.41) is 0.541. The molecule has 0 bridgehead atoms. The van der Waals surface area contributed by atoms with Crippen LogP contribution >= 0.6 is 0 Å². The Morgan fingerprint density at radius 3 is 2.60 bits per heavy atom. The zero-order chi connectivity index (χ0) is 11.2. The number of nitrogens with one attached hydrogen (secondary N) is 1. The average Bonchev–Trinajstić information content (AvgIpc) is 2.51. The van der Waals surface area contributed by atoms with Crippen molar-refractivity contribution in [2.24, 2.45) is 0 Å². The number of H-pyrrole nitrogens is 1. The van der Waals surface area contributed by atoms with Crippen molar-refractivity contribution in [2.75, 3.05) is 0 Å². The first kappa shape index (κ1) is 9.83. The Labute approximate surface area is 84.9 Å². The summed E-state index contributed by atoms with van der Waals surface area (Å²) in [5.74, 6) is -2.05. The summed E-state index contributed by atoms with van der Waals surface area (Å²) < 4.78 is 26.2. The van der Waals surface area contributed by atoms with Crippen molar-refractivity contribution in [3.05, 3.63) is 35.0 Å². The van der Waals surface area contributed by atoms with Gasteiger partial charge in [-0.3, -0.25) is 4.79 Å². The first-order valence-electron chi connectivity index (χ1n) is 4.49. The summed E-state index contributed by atoms with van der Waals surface area (Å²) in [7, 11) is 0. The fourth-order valence-corrected chi connectivity index (χ4v) is 1.69. The van der Waals surface area contributed by atoms with E-state index in [9.17, 15) is 13.6 Å². The second-order valence-corrected chi connectivity index (χ2v) is 3.47. The minimum Gasteiger partial charge on any atom is -0.349 e. The number of carbonyl (C=O) groups is 1. The Morgan fingerprint density at radius 2 is 2.00 bits per heavy atom. The number of Topliss-reactive ketones (excluding diaryl/α,β-unsaturated/α-hetero) is 1. The lowest BCUT2D eigenvalue weighted by Crippen LogP contribution is -1.94. The predicted molar refractivity (Wildman–Crippen MR) is 53.0 cm³/mol. The van der Waals surface area contributed by atoms with E-state index in [2.05, 4.69) is 4.98 Å². The molecule has 0 spiro atoms. The van der Waals surface area contributed by atoms with Gasteiger partial charge in [-0.15, -0.1) is 0 Å². The van der Waals surface area contributed by atoms with E-state index in [1.165, 1.54) is 13.0 Å². The average molecular weight is 209 g/mol. The molecule has 0 radical (unpaired) electrons. The maximum Gasteiger partial charge on any atom is 0.182 e. The second-order valence-electron chi connectivity index (χ2n) is 3.47.